The molecule has 3 aliphatic rings. The topological polar surface area (TPSA) is 121 Å². The van der Waals surface area contributed by atoms with E-state index in [1.807, 2.05) is 18.2 Å². The Balaban J connectivity index is 1.56. The summed E-state index contributed by atoms with van der Waals surface area (Å²) in [5.74, 6) is 1.08. The van der Waals surface area contributed by atoms with Crippen LogP contribution >= 0.6 is 0 Å². The van der Waals surface area contributed by atoms with Crippen LogP contribution in [0.3, 0.4) is 0 Å². The first-order valence-electron chi connectivity index (χ1n) is 11.8. The lowest BCUT2D eigenvalue weighted by atomic mass is 9.73. The van der Waals surface area contributed by atoms with Crippen molar-refractivity contribution in [3.63, 3.8) is 0 Å². The standard InChI is InChI=1S/C24H32N4O6/c1-33-19-8-7-15(13-20(19)34-2)22-17-5-3-4-6-18(17)23(30)28(26-22)16-9-11-27(12-10-16)21(29)14-25-24(31)32/h7-8,13,16-18,25H,3-6,9-12,14H2,1-2H3,(H,31,32)/t17-,18+/m0/s1. The van der Waals surface area contributed by atoms with Gasteiger partial charge in [-0.1, -0.05) is 12.8 Å². The average Bonchev–Trinajstić information content (AvgIpc) is 2.87. The van der Waals surface area contributed by atoms with Gasteiger partial charge in [0.2, 0.25) is 11.8 Å². The molecule has 1 aliphatic carbocycles. The largest absolute Gasteiger partial charge is 0.493 e. The first-order valence-corrected chi connectivity index (χ1v) is 11.8. The molecule has 1 saturated carbocycles. The van der Waals surface area contributed by atoms with Gasteiger partial charge in [0.1, 0.15) is 6.54 Å². The molecule has 2 fully saturated rings. The Hall–Kier alpha value is -3.30. The zero-order valence-corrected chi connectivity index (χ0v) is 19.7. The molecule has 2 heterocycles. The van der Waals surface area contributed by atoms with E-state index in [-0.39, 0.29) is 36.2 Å². The molecule has 4 rings (SSSR count). The SMILES string of the molecule is COc1ccc(C2=NN(C3CCN(C(=O)CNC(=O)O)CC3)C(=O)[C@@H]3CCCC[C@H]23)cc1OC. The van der Waals surface area contributed by atoms with Crippen LogP contribution in [0.2, 0.25) is 0 Å². The van der Waals surface area contributed by atoms with Crippen molar-refractivity contribution in [1.29, 1.82) is 0 Å². The normalized spacial score (nSPS) is 23.1. The molecule has 0 bridgehead atoms. The second-order valence-corrected chi connectivity index (χ2v) is 9.01. The van der Waals surface area contributed by atoms with Crippen LogP contribution in [-0.4, -0.2) is 78.5 Å². The maximum atomic E-state index is 13.5. The predicted octanol–water partition coefficient (Wildman–Crippen LogP) is 2.32. The average molecular weight is 473 g/mol. The fourth-order valence-electron chi connectivity index (χ4n) is 5.31. The number of nitrogens with zero attached hydrogens (tertiary/aromatic N) is 3. The van der Waals surface area contributed by atoms with Crippen molar-refractivity contribution in [2.24, 2.45) is 16.9 Å². The van der Waals surface area contributed by atoms with Gasteiger partial charge in [0.15, 0.2) is 11.5 Å². The van der Waals surface area contributed by atoms with Gasteiger partial charge in [-0.25, -0.2) is 9.80 Å². The number of rotatable bonds is 6. The molecular weight excluding hydrogens is 440 g/mol. The first-order chi connectivity index (χ1) is 16.4. The van der Waals surface area contributed by atoms with E-state index in [4.69, 9.17) is 19.7 Å². The molecule has 184 valence electrons. The van der Waals surface area contributed by atoms with Crippen LogP contribution in [0.15, 0.2) is 23.3 Å². The van der Waals surface area contributed by atoms with Crippen molar-refractivity contribution in [1.82, 2.24) is 15.2 Å². The zero-order chi connectivity index (χ0) is 24.2. The Morgan fingerprint density at radius 1 is 1.06 bits per heavy atom. The molecule has 10 heteroatoms. The number of carbonyl (C=O) groups excluding carboxylic acids is 2. The molecule has 34 heavy (non-hydrogen) atoms. The van der Waals surface area contributed by atoms with E-state index in [9.17, 15) is 14.4 Å². The van der Waals surface area contributed by atoms with E-state index in [1.165, 1.54) is 0 Å². The minimum absolute atomic E-state index is 0.0752. The molecule has 0 aromatic heterocycles. The summed E-state index contributed by atoms with van der Waals surface area (Å²) in [5.41, 5.74) is 1.84. The molecule has 2 atom stereocenters. The maximum absolute atomic E-state index is 13.5. The van der Waals surface area contributed by atoms with Gasteiger partial charge in [0.05, 0.1) is 26.0 Å². The number of hydrogen-bond acceptors (Lipinski definition) is 6. The highest BCUT2D eigenvalue weighted by atomic mass is 16.5. The summed E-state index contributed by atoms with van der Waals surface area (Å²) in [6.45, 7) is 0.682. The zero-order valence-electron chi connectivity index (χ0n) is 19.7. The molecule has 1 aromatic carbocycles. The van der Waals surface area contributed by atoms with Crippen molar-refractivity contribution >= 4 is 23.6 Å². The van der Waals surface area contributed by atoms with Gasteiger partial charge in [-0.15, -0.1) is 0 Å². The highest BCUT2D eigenvalue weighted by molar-refractivity contribution is 6.07. The summed E-state index contributed by atoms with van der Waals surface area (Å²) in [4.78, 5) is 38.0. The third kappa shape index (κ3) is 4.80. The number of likely N-dealkylation sites (tertiary alicyclic amines) is 1. The molecule has 1 saturated heterocycles. The second kappa shape index (κ2) is 10.3. The van der Waals surface area contributed by atoms with Crippen molar-refractivity contribution in [3.05, 3.63) is 23.8 Å². The highest BCUT2D eigenvalue weighted by Gasteiger charge is 2.44. The number of carboxylic acid groups (broad SMARTS) is 1. The van der Waals surface area contributed by atoms with Crippen LogP contribution in [0.1, 0.15) is 44.1 Å². The molecule has 1 aromatic rings. The van der Waals surface area contributed by atoms with Crippen LogP contribution < -0.4 is 14.8 Å². The molecule has 2 N–H and O–H groups in total. The minimum atomic E-state index is -1.22. The van der Waals surface area contributed by atoms with Crippen LogP contribution in [0.4, 0.5) is 4.79 Å². The summed E-state index contributed by atoms with van der Waals surface area (Å²) < 4.78 is 10.9. The van der Waals surface area contributed by atoms with Crippen molar-refractivity contribution in [2.75, 3.05) is 33.9 Å². The van der Waals surface area contributed by atoms with Gasteiger partial charge in [-0.3, -0.25) is 9.59 Å². The van der Waals surface area contributed by atoms with Gasteiger partial charge in [-0.2, -0.15) is 5.10 Å². The van der Waals surface area contributed by atoms with E-state index in [0.717, 1.165) is 37.0 Å². The minimum Gasteiger partial charge on any atom is -0.493 e. The first kappa shape index (κ1) is 23.8. The number of nitrogens with one attached hydrogen (secondary N) is 1. The lowest BCUT2D eigenvalue weighted by molar-refractivity contribution is -0.143. The van der Waals surface area contributed by atoms with E-state index in [0.29, 0.717) is 37.4 Å². The Labute approximate surface area is 198 Å². The number of hydrazone groups is 1. The fraction of sp³-hybridized carbons (Fsp3) is 0.583. The van der Waals surface area contributed by atoms with Crippen molar-refractivity contribution in [2.45, 2.75) is 44.6 Å². The van der Waals surface area contributed by atoms with Crippen molar-refractivity contribution < 1.29 is 29.0 Å². The third-order valence-electron chi connectivity index (χ3n) is 7.11. The van der Waals surface area contributed by atoms with E-state index < -0.39 is 6.09 Å². The molecule has 0 radical (unpaired) electrons. The number of ether oxygens (including phenoxy) is 2. The third-order valence-corrected chi connectivity index (χ3v) is 7.11. The fourth-order valence-corrected chi connectivity index (χ4v) is 5.31. The van der Waals surface area contributed by atoms with E-state index in [1.54, 1.807) is 24.1 Å². The summed E-state index contributed by atoms with van der Waals surface area (Å²) in [7, 11) is 3.20. The molecule has 2 aliphatic heterocycles. The number of amides is 3. The molecule has 0 unspecified atom stereocenters. The Bertz CT molecular complexity index is 972. The number of piperidine rings is 1. The molecule has 0 spiro atoms. The van der Waals surface area contributed by atoms with Crippen LogP contribution in [-0.2, 0) is 9.59 Å². The van der Waals surface area contributed by atoms with Gasteiger partial charge in [0.25, 0.3) is 0 Å². The quantitative estimate of drug-likeness (QED) is 0.656. The van der Waals surface area contributed by atoms with E-state index >= 15 is 0 Å². The maximum Gasteiger partial charge on any atom is 0.405 e. The van der Waals surface area contributed by atoms with Crippen molar-refractivity contribution in [3.8, 4) is 11.5 Å². The van der Waals surface area contributed by atoms with Gasteiger partial charge < -0.3 is 24.8 Å². The number of benzene rings is 1. The van der Waals surface area contributed by atoms with Gasteiger partial charge >= 0.3 is 6.09 Å². The Kier molecular flexibility index (Phi) is 7.23. The monoisotopic (exact) mass is 472 g/mol. The lowest BCUT2D eigenvalue weighted by Gasteiger charge is -2.43. The summed E-state index contributed by atoms with van der Waals surface area (Å²) in [6.07, 6.45) is 3.87. The van der Waals surface area contributed by atoms with E-state index in [2.05, 4.69) is 5.32 Å². The van der Waals surface area contributed by atoms with Crippen LogP contribution in [0.5, 0.6) is 11.5 Å². The molecule has 10 nitrogen and oxygen atoms in total. The van der Waals surface area contributed by atoms with Gasteiger partial charge in [-0.05, 0) is 43.9 Å². The Morgan fingerprint density at radius 3 is 2.38 bits per heavy atom. The lowest BCUT2D eigenvalue weighted by Crippen LogP contribution is -2.53. The van der Waals surface area contributed by atoms with Crippen LogP contribution in [0, 0.1) is 11.8 Å². The molecule has 3 amide bonds. The second-order valence-electron chi connectivity index (χ2n) is 9.01. The smallest absolute Gasteiger partial charge is 0.405 e. The summed E-state index contributed by atoms with van der Waals surface area (Å²) in [5, 5.41) is 17.4. The summed E-state index contributed by atoms with van der Waals surface area (Å²) in [6, 6.07) is 5.66. The Morgan fingerprint density at radius 2 is 1.74 bits per heavy atom. The summed E-state index contributed by atoms with van der Waals surface area (Å²) >= 11 is 0. The predicted molar refractivity (Wildman–Crippen MR) is 124 cm³/mol. The number of methoxy groups -OCH3 is 2. The highest BCUT2D eigenvalue weighted by Crippen LogP contribution is 2.40. The number of hydrogen-bond donors (Lipinski definition) is 2. The van der Waals surface area contributed by atoms with Gasteiger partial charge in [0, 0.05) is 30.5 Å². The number of fused-ring (bicyclic) bond motifs is 1. The van der Waals surface area contributed by atoms with Crippen LogP contribution in [0.25, 0.3) is 0 Å². The molecular formula is C24H32N4O6. The number of carbonyl (C=O) groups is 3.